The Kier molecular flexibility index (Phi) is 3.63. The molecule has 2 fully saturated rings. The standard InChI is InChI=1S/C17H20Cl2N2/c18-6-5-17-20-15-4-3-14(19)9-16(15)21(17)10-13-8-11-1-2-12(13)7-11/h3-4,9,11-13H,1-2,5-8,10H2. The quantitative estimate of drug-likeness (QED) is 0.731. The highest BCUT2D eigenvalue weighted by Gasteiger charge is 2.39. The molecular weight excluding hydrogens is 303 g/mol. The van der Waals surface area contributed by atoms with Crippen LogP contribution < -0.4 is 0 Å². The number of hydrogen-bond acceptors (Lipinski definition) is 1. The number of fused-ring (bicyclic) bond motifs is 3. The monoisotopic (exact) mass is 322 g/mol. The van der Waals surface area contributed by atoms with Crippen LogP contribution in [0, 0.1) is 17.8 Å². The lowest BCUT2D eigenvalue weighted by Gasteiger charge is -2.23. The summed E-state index contributed by atoms with van der Waals surface area (Å²) in [7, 11) is 0. The van der Waals surface area contributed by atoms with Crippen LogP contribution in [-0.4, -0.2) is 15.4 Å². The van der Waals surface area contributed by atoms with Crippen molar-refractivity contribution in [3.8, 4) is 0 Å². The molecule has 2 aromatic rings. The minimum Gasteiger partial charge on any atom is -0.328 e. The van der Waals surface area contributed by atoms with Gasteiger partial charge in [-0.15, -0.1) is 11.6 Å². The van der Waals surface area contributed by atoms with E-state index in [1.807, 2.05) is 12.1 Å². The van der Waals surface area contributed by atoms with Gasteiger partial charge in [0, 0.05) is 23.9 Å². The van der Waals surface area contributed by atoms with E-state index in [0.29, 0.717) is 5.88 Å². The van der Waals surface area contributed by atoms with E-state index in [0.717, 1.165) is 47.1 Å². The van der Waals surface area contributed by atoms with E-state index >= 15 is 0 Å². The van der Waals surface area contributed by atoms with Crippen molar-refractivity contribution in [2.75, 3.05) is 5.88 Å². The summed E-state index contributed by atoms with van der Waals surface area (Å²) in [5, 5.41) is 0.786. The fourth-order valence-electron chi connectivity index (χ4n) is 4.46. The first-order valence-electron chi connectivity index (χ1n) is 7.95. The van der Waals surface area contributed by atoms with Crippen LogP contribution in [0.2, 0.25) is 5.02 Å². The largest absolute Gasteiger partial charge is 0.328 e. The van der Waals surface area contributed by atoms with Crippen LogP contribution >= 0.6 is 23.2 Å². The number of aryl methyl sites for hydroxylation is 1. The number of aromatic nitrogens is 2. The molecule has 2 nitrogen and oxygen atoms in total. The average molecular weight is 323 g/mol. The van der Waals surface area contributed by atoms with Crippen molar-refractivity contribution in [3.63, 3.8) is 0 Å². The van der Waals surface area contributed by atoms with E-state index in [1.54, 1.807) is 0 Å². The highest BCUT2D eigenvalue weighted by Crippen LogP contribution is 2.49. The molecule has 1 aromatic heterocycles. The van der Waals surface area contributed by atoms with Crippen molar-refractivity contribution >= 4 is 34.2 Å². The molecule has 3 unspecified atom stereocenters. The Morgan fingerprint density at radius 3 is 2.86 bits per heavy atom. The predicted molar refractivity (Wildman–Crippen MR) is 88.1 cm³/mol. The molecule has 0 saturated heterocycles. The zero-order valence-electron chi connectivity index (χ0n) is 12.1. The molecule has 0 spiro atoms. The SMILES string of the molecule is ClCCc1nc2ccc(Cl)cc2n1CC1CC2CCC1C2. The van der Waals surface area contributed by atoms with Crippen molar-refractivity contribution in [3.05, 3.63) is 29.0 Å². The summed E-state index contributed by atoms with van der Waals surface area (Å²) in [6.45, 7) is 1.09. The molecule has 0 N–H and O–H groups in total. The highest BCUT2D eigenvalue weighted by molar-refractivity contribution is 6.31. The maximum Gasteiger partial charge on any atom is 0.111 e. The van der Waals surface area contributed by atoms with E-state index in [-0.39, 0.29) is 0 Å². The van der Waals surface area contributed by atoms with Crippen LogP contribution in [-0.2, 0) is 13.0 Å². The Labute approximate surface area is 135 Å². The van der Waals surface area contributed by atoms with Gasteiger partial charge in [-0.25, -0.2) is 4.98 Å². The molecule has 3 atom stereocenters. The average Bonchev–Trinajstić information content (AvgIpc) is 3.15. The molecule has 2 aliphatic rings. The molecule has 112 valence electrons. The fourth-order valence-corrected chi connectivity index (χ4v) is 4.79. The molecule has 1 aromatic carbocycles. The Balaban J connectivity index is 1.71. The van der Waals surface area contributed by atoms with Crippen molar-refractivity contribution in [2.45, 2.75) is 38.6 Å². The molecule has 4 rings (SSSR count). The third-order valence-electron chi connectivity index (χ3n) is 5.41. The molecule has 0 radical (unpaired) electrons. The van der Waals surface area contributed by atoms with Crippen molar-refractivity contribution in [2.24, 2.45) is 17.8 Å². The van der Waals surface area contributed by atoms with Crippen molar-refractivity contribution in [1.82, 2.24) is 9.55 Å². The first kappa shape index (κ1) is 13.9. The number of halogens is 2. The molecule has 4 heteroatoms. The van der Waals surface area contributed by atoms with E-state index in [4.69, 9.17) is 28.2 Å². The van der Waals surface area contributed by atoms with Gasteiger partial charge in [0.05, 0.1) is 11.0 Å². The lowest BCUT2D eigenvalue weighted by Crippen LogP contribution is -2.19. The van der Waals surface area contributed by atoms with E-state index in [9.17, 15) is 0 Å². The van der Waals surface area contributed by atoms with Crippen LogP contribution in [0.5, 0.6) is 0 Å². The van der Waals surface area contributed by atoms with Gasteiger partial charge in [-0.05, 0) is 55.2 Å². The number of nitrogens with zero attached hydrogens (tertiary/aromatic N) is 2. The summed E-state index contributed by atoms with van der Waals surface area (Å²) in [5.74, 6) is 4.46. The lowest BCUT2D eigenvalue weighted by molar-refractivity contribution is 0.296. The summed E-state index contributed by atoms with van der Waals surface area (Å²) in [6, 6.07) is 5.99. The molecule has 2 aliphatic carbocycles. The van der Waals surface area contributed by atoms with Gasteiger partial charge >= 0.3 is 0 Å². The van der Waals surface area contributed by atoms with Gasteiger partial charge in [-0.3, -0.25) is 0 Å². The maximum atomic E-state index is 6.19. The van der Waals surface area contributed by atoms with Crippen molar-refractivity contribution < 1.29 is 0 Å². The first-order valence-corrected chi connectivity index (χ1v) is 8.86. The van der Waals surface area contributed by atoms with Gasteiger partial charge in [0.25, 0.3) is 0 Å². The van der Waals surface area contributed by atoms with E-state index in [2.05, 4.69) is 10.6 Å². The van der Waals surface area contributed by atoms with Crippen LogP contribution in [0.15, 0.2) is 18.2 Å². The molecule has 2 saturated carbocycles. The lowest BCUT2D eigenvalue weighted by atomic mass is 9.88. The zero-order chi connectivity index (χ0) is 14.4. The molecular formula is C17H20Cl2N2. The van der Waals surface area contributed by atoms with E-state index < -0.39 is 0 Å². The fraction of sp³-hybridized carbons (Fsp3) is 0.588. The third-order valence-corrected chi connectivity index (χ3v) is 5.83. The van der Waals surface area contributed by atoms with Gasteiger partial charge in [0.2, 0.25) is 0 Å². The second-order valence-electron chi connectivity index (χ2n) is 6.65. The number of alkyl halides is 1. The Morgan fingerprint density at radius 2 is 2.14 bits per heavy atom. The summed E-state index contributed by atoms with van der Waals surface area (Å²) in [5.41, 5.74) is 2.22. The summed E-state index contributed by atoms with van der Waals surface area (Å²) in [6.07, 6.45) is 6.54. The Bertz CT molecular complexity index is 664. The van der Waals surface area contributed by atoms with Gasteiger partial charge in [-0.2, -0.15) is 0 Å². The molecule has 0 amide bonds. The van der Waals surface area contributed by atoms with Crippen LogP contribution in [0.3, 0.4) is 0 Å². The minimum atomic E-state index is 0.619. The van der Waals surface area contributed by atoms with Gasteiger partial charge in [-0.1, -0.05) is 18.0 Å². The second-order valence-corrected chi connectivity index (χ2v) is 7.46. The normalized spacial score (nSPS) is 27.8. The third kappa shape index (κ3) is 2.47. The smallest absolute Gasteiger partial charge is 0.111 e. The minimum absolute atomic E-state index is 0.619. The number of hydrogen-bond donors (Lipinski definition) is 0. The number of imidazole rings is 1. The van der Waals surface area contributed by atoms with Gasteiger partial charge in [0.1, 0.15) is 5.82 Å². The molecule has 0 aliphatic heterocycles. The van der Waals surface area contributed by atoms with Crippen molar-refractivity contribution in [1.29, 1.82) is 0 Å². The highest BCUT2D eigenvalue weighted by atomic mass is 35.5. The van der Waals surface area contributed by atoms with Crippen LogP contribution in [0.1, 0.15) is 31.5 Å². The second kappa shape index (κ2) is 5.48. The van der Waals surface area contributed by atoms with E-state index in [1.165, 1.54) is 31.2 Å². The summed E-state index contributed by atoms with van der Waals surface area (Å²) in [4.78, 5) is 4.77. The zero-order valence-corrected chi connectivity index (χ0v) is 13.6. The Hall–Kier alpha value is -0.730. The van der Waals surface area contributed by atoms with Gasteiger partial charge in [0.15, 0.2) is 0 Å². The molecule has 1 heterocycles. The maximum absolute atomic E-state index is 6.19. The first-order chi connectivity index (χ1) is 10.2. The predicted octanol–water partition coefficient (Wildman–Crippen LogP) is 4.91. The Morgan fingerprint density at radius 1 is 1.24 bits per heavy atom. The number of benzene rings is 1. The number of rotatable bonds is 4. The van der Waals surface area contributed by atoms with Crippen LogP contribution in [0.4, 0.5) is 0 Å². The van der Waals surface area contributed by atoms with Crippen LogP contribution in [0.25, 0.3) is 11.0 Å². The molecule has 21 heavy (non-hydrogen) atoms. The molecule has 2 bridgehead atoms. The summed E-state index contributed by atoms with van der Waals surface area (Å²) >= 11 is 12.2. The summed E-state index contributed by atoms with van der Waals surface area (Å²) < 4.78 is 2.38. The topological polar surface area (TPSA) is 17.8 Å². The van der Waals surface area contributed by atoms with Gasteiger partial charge < -0.3 is 4.57 Å².